The molecule has 24 heavy (non-hydrogen) atoms. The quantitative estimate of drug-likeness (QED) is 0.322. The number of anilines is 1. The van der Waals surface area contributed by atoms with Gasteiger partial charge in [0.25, 0.3) is 5.69 Å². The second-order valence-electron chi connectivity index (χ2n) is 5.21. The molecular formula is C17H17ClN2O3S. The number of hydrogen-bond donors (Lipinski definition) is 1. The van der Waals surface area contributed by atoms with Crippen LogP contribution in [-0.2, 0) is 4.79 Å². The SMILES string of the molecule is Cc1ccc([N+](=O)[O-])cc1NC(=O)CCCSc1ccc(Cl)cc1. The number of nitro groups is 1. The van der Waals surface area contributed by atoms with Crippen molar-refractivity contribution in [1.29, 1.82) is 0 Å². The third kappa shape index (κ3) is 5.54. The van der Waals surface area contributed by atoms with E-state index < -0.39 is 4.92 Å². The second kappa shape index (κ2) is 8.70. The zero-order valence-electron chi connectivity index (χ0n) is 13.1. The summed E-state index contributed by atoms with van der Waals surface area (Å²) in [5.41, 5.74) is 1.25. The van der Waals surface area contributed by atoms with Crippen LogP contribution in [0.2, 0.25) is 5.02 Å². The summed E-state index contributed by atoms with van der Waals surface area (Å²) in [6.45, 7) is 1.80. The molecule has 0 aliphatic rings. The first-order valence-electron chi connectivity index (χ1n) is 7.39. The van der Waals surface area contributed by atoms with Gasteiger partial charge in [0, 0.05) is 28.5 Å². The lowest BCUT2D eigenvalue weighted by Crippen LogP contribution is -2.12. The molecule has 0 saturated carbocycles. The summed E-state index contributed by atoms with van der Waals surface area (Å²) in [6.07, 6.45) is 1.08. The number of aryl methyl sites for hydroxylation is 1. The summed E-state index contributed by atoms with van der Waals surface area (Å²) >= 11 is 7.49. The van der Waals surface area contributed by atoms with Crippen LogP contribution in [0.15, 0.2) is 47.4 Å². The number of benzene rings is 2. The van der Waals surface area contributed by atoms with Crippen molar-refractivity contribution in [3.63, 3.8) is 0 Å². The predicted octanol–water partition coefficient (Wildman–Crippen LogP) is 5.07. The average Bonchev–Trinajstić information content (AvgIpc) is 2.55. The van der Waals surface area contributed by atoms with Crippen LogP contribution < -0.4 is 5.32 Å². The van der Waals surface area contributed by atoms with Gasteiger partial charge in [0.05, 0.1) is 10.6 Å². The number of hydrogen-bond acceptors (Lipinski definition) is 4. The number of nitrogens with one attached hydrogen (secondary N) is 1. The fourth-order valence-electron chi connectivity index (χ4n) is 2.02. The van der Waals surface area contributed by atoms with Gasteiger partial charge < -0.3 is 5.32 Å². The molecule has 7 heteroatoms. The van der Waals surface area contributed by atoms with Crippen LogP contribution in [0.3, 0.4) is 0 Å². The minimum atomic E-state index is -0.474. The molecule has 0 bridgehead atoms. The predicted molar refractivity (Wildman–Crippen MR) is 97.9 cm³/mol. The molecule has 0 atom stereocenters. The van der Waals surface area contributed by atoms with Gasteiger partial charge in [0.1, 0.15) is 0 Å². The molecule has 0 fully saturated rings. The molecule has 126 valence electrons. The molecule has 0 aromatic heterocycles. The maximum absolute atomic E-state index is 12.0. The van der Waals surface area contributed by atoms with Crippen LogP contribution in [0.5, 0.6) is 0 Å². The number of carbonyl (C=O) groups excluding carboxylic acids is 1. The second-order valence-corrected chi connectivity index (χ2v) is 6.82. The van der Waals surface area contributed by atoms with Crippen molar-refractivity contribution < 1.29 is 9.72 Å². The molecule has 1 amide bonds. The Morgan fingerprint density at radius 3 is 2.62 bits per heavy atom. The van der Waals surface area contributed by atoms with Gasteiger partial charge in [-0.15, -0.1) is 11.8 Å². The molecule has 0 heterocycles. The highest BCUT2D eigenvalue weighted by Crippen LogP contribution is 2.23. The summed E-state index contributed by atoms with van der Waals surface area (Å²) in [7, 11) is 0. The first-order chi connectivity index (χ1) is 11.5. The van der Waals surface area contributed by atoms with Crippen LogP contribution in [0.4, 0.5) is 11.4 Å². The van der Waals surface area contributed by atoms with Crippen LogP contribution in [-0.4, -0.2) is 16.6 Å². The fourth-order valence-corrected chi connectivity index (χ4v) is 3.00. The largest absolute Gasteiger partial charge is 0.326 e. The van der Waals surface area contributed by atoms with Crippen molar-refractivity contribution in [1.82, 2.24) is 0 Å². The molecule has 2 aromatic rings. The zero-order valence-corrected chi connectivity index (χ0v) is 14.7. The molecule has 5 nitrogen and oxygen atoms in total. The normalized spacial score (nSPS) is 10.4. The molecule has 2 rings (SSSR count). The standard InChI is InChI=1S/C17H17ClN2O3S/c1-12-4-7-14(20(22)23)11-16(12)19-17(21)3-2-10-24-15-8-5-13(18)6-9-15/h4-9,11H,2-3,10H2,1H3,(H,19,21). The van der Waals surface area contributed by atoms with E-state index in [1.54, 1.807) is 24.8 Å². The van der Waals surface area contributed by atoms with E-state index in [1.165, 1.54) is 12.1 Å². The Morgan fingerprint density at radius 2 is 1.96 bits per heavy atom. The molecule has 1 N–H and O–H groups in total. The Kier molecular flexibility index (Phi) is 6.63. The van der Waals surface area contributed by atoms with E-state index in [1.807, 2.05) is 24.3 Å². The zero-order chi connectivity index (χ0) is 17.5. The van der Waals surface area contributed by atoms with Crippen LogP contribution in [0, 0.1) is 17.0 Å². The lowest BCUT2D eigenvalue weighted by molar-refractivity contribution is -0.384. The number of amides is 1. The molecule has 0 spiro atoms. The third-order valence-corrected chi connectivity index (χ3v) is 4.69. The molecule has 0 unspecified atom stereocenters. The minimum Gasteiger partial charge on any atom is -0.326 e. The number of rotatable bonds is 7. The van der Waals surface area contributed by atoms with E-state index in [0.29, 0.717) is 23.6 Å². The van der Waals surface area contributed by atoms with Crippen molar-refractivity contribution in [2.75, 3.05) is 11.1 Å². The lowest BCUT2D eigenvalue weighted by Gasteiger charge is -2.08. The fraction of sp³-hybridized carbons (Fsp3) is 0.235. The topological polar surface area (TPSA) is 72.2 Å². The maximum Gasteiger partial charge on any atom is 0.271 e. The van der Waals surface area contributed by atoms with Gasteiger partial charge in [0.2, 0.25) is 5.91 Å². The maximum atomic E-state index is 12.0. The first kappa shape index (κ1) is 18.3. The Hall–Kier alpha value is -2.05. The van der Waals surface area contributed by atoms with Gasteiger partial charge in [-0.2, -0.15) is 0 Å². The lowest BCUT2D eigenvalue weighted by atomic mass is 10.1. The van der Waals surface area contributed by atoms with Crippen molar-refractivity contribution >= 4 is 40.6 Å². The smallest absolute Gasteiger partial charge is 0.271 e. The first-order valence-corrected chi connectivity index (χ1v) is 8.75. The minimum absolute atomic E-state index is 0.0332. The molecule has 2 aromatic carbocycles. The summed E-state index contributed by atoms with van der Waals surface area (Å²) in [6, 6.07) is 12.0. The number of nitro benzene ring substituents is 1. The van der Waals surface area contributed by atoms with Crippen LogP contribution in [0.1, 0.15) is 18.4 Å². The van der Waals surface area contributed by atoms with Gasteiger partial charge >= 0.3 is 0 Å². The van der Waals surface area contributed by atoms with Crippen molar-refractivity contribution in [2.45, 2.75) is 24.7 Å². The van der Waals surface area contributed by atoms with E-state index in [-0.39, 0.29) is 11.6 Å². The van der Waals surface area contributed by atoms with E-state index in [0.717, 1.165) is 16.2 Å². The Balaban J connectivity index is 1.80. The summed E-state index contributed by atoms with van der Waals surface area (Å²) in [5.74, 6) is 0.665. The Bertz CT molecular complexity index is 735. The highest BCUT2D eigenvalue weighted by molar-refractivity contribution is 7.99. The van der Waals surface area contributed by atoms with E-state index in [9.17, 15) is 14.9 Å². The van der Waals surface area contributed by atoms with E-state index >= 15 is 0 Å². The summed E-state index contributed by atoms with van der Waals surface area (Å²) < 4.78 is 0. The Labute approximate surface area is 149 Å². The van der Waals surface area contributed by atoms with Crippen molar-refractivity contribution in [3.8, 4) is 0 Å². The molecule has 0 aliphatic carbocycles. The molecular weight excluding hydrogens is 348 g/mol. The van der Waals surface area contributed by atoms with Gasteiger partial charge in [-0.05, 0) is 48.9 Å². The van der Waals surface area contributed by atoms with E-state index in [4.69, 9.17) is 11.6 Å². The summed E-state index contributed by atoms with van der Waals surface area (Å²) in [4.78, 5) is 23.4. The van der Waals surface area contributed by atoms with Crippen molar-refractivity contribution in [3.05, 3.63) is 63.2 Å². The average molecular weight is 365 g/mol. The highest BCUT2D eigenvalue weighted by atomic mass is 35.5. The third-order valence-electron chi connectivity index (χ3n) is 3.34. The summed E-state index contributed by atoms with van der Waals surface area (Å²) in [5, 5.41) is 14.2. The van der Waals surface area contributed by atoms with Gasteiger partial charge in [0.15, 0.2) is 0 Å². The number of nitrogens with zero attached hydrogens (tertiary/aromatic N) is 1. The monoisotopic (exact) mass is 364 g/mol. The van der Waals surface area contributed by atoms with Gasteiger partial charge in [-0.25, -0.2) is 0 Å². The number of non-ortho nitro benzene ring substituents is 1. The molecule has 0 radical (unpaired) electrons. The molecule has 0 aliphatic heterocycles. The van der Waals surface area contributed by atoms with E-state index in [2.05, 4.69) is 5.32 Å². The number of thioether (sulfide) groups is 1. The van der Waals surface area contributed by atoms with Crippen LogP contribution in [0.25, 0.3) is 0 Å². The number of carbonyl (C=O) groups is 1. The van der Waals surface area contributed by atoms with Crippen molar-refractivity contribution in [2.24, 2.45) is 0 Å². The molecule has 0 saturated heterocycles. The number of halogens is 1. The van der Waals surface area contributed by atoms with Crippen LogP contribution >= 0.6 is 23.4 Å². The van der Waals surface area contributed by atoms with Gasteiger partial charge in [-0.3, -0.25) is 14.9 Å². The Morgan fingerprint density at radius 1 is 1.25 bits per heavy atom. The highest BCUT2D eigenvalue weighted by Gasteiger charge is 2.11. The van der Waals surface area contributed by atoms with Gasteiger partial charge in [-0.1, -0.05) is 17.7 Å².